The Labute approximate surface area is 125 Å². The summed E-state index contributed by atoms with van der Waals surface area (Å²) in [5.41, 5.74) is 3.06. The smallest absolute Gasteiger partial charge is 0.0766 e. The van der Waals surface area contributed by atoms with Crippen molar-refractivity contribution in [1.82, 2.24) is 0 Å². The summed E-state index contributed by atoms with van der Waals surface area (Å²) in [5, 5.41) is 12.6. The standard InChI is InChI=1S/C17H20N2S/c1-12-9-14(13(2)20-12)10-19-16-7-5-15(6-8-16)17(3,4)11-18/h5-9,19H,10H2,1-4H3. The normalized spacial score (nSPS) is 11.2. The molecule has 1 heterocycles. The van der Waals surface area contributed by atoms with E-state index in [-0.39, 0.29) is 0 Å². The van der Waals surface area contributed by atoms with Gasteiger partial charge in [-0.25, -0.2) is 0 Å². The topological polar surface area (TPSA) is 35.8 Å². The van der Waals surface area contributed by atoms with E-state index in [0.717, 1.165) is 17.8 Å². The van der Waals surface area contributed by atoms with Crippen LogP contribution >= 0.6 is 11.3 Å². The zero-order valence-electron chi connectivity index (χ0n) is 12.4. The van der Waals surface area contributed by atoms with Crippen molar-refractivity contribution in [3.63, 3.8) is 0 Å². The molecule has 2 aromatic rings. The molecule has 20 heavy (non-hydrogen) atoms. The minimum absolute atomic E-state index is 0.431. The quantitative estimate of drug-likeness (QED) is 0.877. The van der Waals surface area contributed by atoms with Crippen LogP contribution in [-0.4, -0.2) is 0 Å². The van der Waals surface area contributed by atoms with Gasteiger partial charge in [0.15, 0.2) is 0 Å². The van der Waals surface area contributed by atoms with Crippen LogP contribution in [0.25, 0.3) is 0 Å². The maximum atomic E-state index is 9.14. The third-order valence-electron chi connectivity index (χ3n) is 3.51. The Kier molecular flexibility index (Phi) is 4.15. The summed E-state index contributed by atoms with van der Waals surface area (Å²) in [6.07, 6.45) is 0. The number of hydrogen-bond acceptors (Lipinski definition) is 3. The van der Waals surface area contributed by atoms with E-state index in [1.165, 1.54) is 15.3 Å². The Morgan fingerprint density at radius 3 is 2.35 bits per heavy atom. The van der Waals surface area contributed by atoms with Crippen LogP contribution in [0.1, 0.15) is 34.7 Å². The molecule has 0 amide bonds. The Balaban J connectivity index is 2.05. The van der Waals surface area contributed by atoms with Gasteiger partial charge in [-0.1, -0.05) is 12.1 Å². The molecule has 104 valence electrons. The SMILES string of the molecule is Cc1cc(CNc2ccc(C(C)(C)C#N)cc2)c(C)s1. The zero-order valence-corrected chi connectivity index (χ0v) is 13.3. The second kappa shape index (κ2) is 5.68. The fraction of sp³-hybridized carbons (Fsp3) is 0.353. The van der Waals surface area contributed by atoms with Crippen LogP contribution < -0.4 is 5.32 Å². The van der Waals surface area contributed by atoms with Gasteiger partial charge in [-0.05, 0) is 57.0 Å². The fourth-order valence-corrected chi connectivity index (χ4v) is 3.07. The van der Waals surface area contributed by atoms with E-state index < -0.39 is 5.41 Å². The predicted molar refractivity (Wildman–Crippen MR) is 86.2 cm³/mol. The van der Waals surface area contributed by atoms with Crippen molar-refractivity contribution < 1.29 is 0 Å². The van der Waals surface area contributed by atoms with E-state index >= 15 is 0 Å². The van der Waals surface area contributed by atoms with Crippen molar-refractivity contribution in [2.75, 3.05) is 5.32 Å². The molecule has 0 aliphatic carbocycles. The lowest BCUT2D eigenvalue weighted by atomic mass is 9.86. The molecule has 0 fully saturated rings. The first kappa shape index (κ1) is 14.6. The van der Waals surface area contributed by atoms with Crippen LogP contribution in [0.2, 0.25) is 0 Å². The molecule has 0 atom stereocenters. The van der Waals surface area contributed by atoms with E-state index in [9.17, 15) is 0 Å². The average molecular weight is 284 g/mol. The number of nitrogens with zero attached hydrogens (tertiary/aromatic N) is 1. The summed E-state index contributed by atoms with van der Waals surface area (Å²) in [6.45, 7) is 9.02. The highest BCUT2D eigenvalue weighted by Gasteiger charge is 2.18. The van der Waals surface area contributed by atoms with E-state index in [2.05, 4.69) is 31.3 Å². The van der Waals surface area contributed by atoms with Crippen LogP contribution in [0.5, 0.6) is 0 Å². The van der Waals surface area contributed by atoms with Gasteiger partial charge in [0.05, 0.1) is 11.5 Å². The van der Waals surface area contributed by atoms with E-state index in [4.69, 9.17) is 5.26 Å². The van der Waals surface area contributed by atoms with Gasteiger partial charge < -0.3 is 5.32 Å². The molecule has 0 saturated carbocycles. The highest BCUT2D eigenvalue weighted by molar-refractivity contribution is 7.12. The minimum Gasteiger partial charge on any atom is -0.381 e. The highest BCUT2D eigenvalue weighted by Crippen LogP contribution is 2.25. The summed E-state index contributed by atoms with van der Waals surface area (Å²) in [7, 11) is 0. The van der Waals surface area contributed by atoms with Gasteiger partial charge in [-0.2, -0.15) is 5.26 Å². The van der Waals surface area contributed by atoms with Gasteiger partial charge in [0.2, 0.25) is 0 Å². The zero-order chi connectivity index (χ0) is 14.8. The predicted octanol–water partition coefficient (Wildman–Crippen LogP) is 4.78. The van der Waals surface area contributed by atoms with Crippen LogP contribution in [0.4, 0.5) is 5.69 Å². The van der Waals surface area contributed by atoms with Crippen molar-refractivity contribution in [1.29, 1.82) is 5.26 Å². The monoisotopic (exact) mass is 284 g/mol. The molecule has 1 aromatic carbocycles. The van der Waals surface area contributed by atoms with E-state index in [0.29, 0.717) is 0 Å². The number of anilines is 1. The summed E-state index contributed by atoms with van der Waals surface area (Å²) in [5.74, 6) is 0. The van der Waals surface area contributed by atoms with Crippen molar-refractivity contribution >= 4 is 17.0 Å². The molecule has 0 radical (unpaired) electrons. The van der Waals surface area contributed by atoms with Gasteiger partial charge >= 0.3 is 0 Å². The Hall–Kier alpha value is -1.79. The second-order valence-electron chi connectivity index (χ2n) is 5.61. The Bertz CT molecular complexity index is 630. The molecular formula is C17H20N2S. The number of hydrogen-bond donors (Lipinski definition) is 1. The van der Waals surface area contributed by atoms with Crippen molar-refractivity contribution in [3.05, 3.63) is 51.2 Å². The number of aryl methyl sites for hydroxylation is 2. The van der Waals surface area contributed by atoms with Gasteiger partial charge in [-0.15, -0.1) is 11.3 Å². The van der Waals surface area contributed by atoms with E-state index in [1.807, 2.05) is 49.4 Å². The third-order valence-corrected chi connectivity index (χ3v) is 4.52. The van der Waals surface area contributed by atoms with Gasteiger partial charge in [0, 0.05) is 22.0 Å². The number of rotatable bonds is 4. The maximum absolute atomic E-state index is 9.14. The molecule has 1 N–H and O–H groups in total. The highest BCUT2D eigenvalue weighted by atomic mass is 32.1. The number of benzene rings is 1. The molecule has 0 spiro atoms. The first-order chi connectivity index (χ1) is 9.42. The molecule has 0 saturated heterocycles. The first-order valence-corrected chi connectivity index (χ1v) is 7.55. The lowest BCUT2D eigenvalue weighted by Crippen LogP contribution is -2.13. The largest absolute Gasteiger partial charge is 0.381 e. The van der Waals surface area contributed by atoms with Gasteiger partial charge in [0.1, 0.15) is 0 Å². The average Bonchev–Trinajstić information content (AvgIpc) is 2.75. The van der Waals surface area contributed by atoms with Crippen LogP contribution in [-0.2, 0) is 12.0 Å². The van der Waals surface area contributed by atoms with Crippen LogP contribution in [0.3, 0.4) is 0 Å². The summed E-state index contributed by atoms with van der Waals surface area (Å²) in [4.78, 5) is 2.72. The van der Waals surface area contributed by atoms with Gasteiger partial charge in [0.25, 0.3) is 0 Å². The van der Waals surface area contributed by atoms with Crippen LogP contribution in [0.15, 0.2) is 30.3 Å². The fourth-order valence-electron chi connectivity index (χ4n) is 2.13. The van der Waals surface area contributed by atoms with Crippen molar-refractivity contribution in [3.8, 4) is 6.07 Å². The lowest BCUT2D eigenvalue weighted by molar-refractivity contribution is 0.687. The van der Waals surface area contributed by atoms with E-state index in [1.54, 1.807) is 0 Å². The maximum Gasteiger partial charge on any atom is 0.0766 e. The van der Waals surface area contributed by atoms with Crippen molar-refractivity contribution in [2.24, 2.45) is 0 Å². The van der Waals surface area contributed by atoms with Crippen LogP contribution in [0, 0.1) is 25.2 Å². The molecule has 1 aromatic heterocycles. The molecule has 0 unspecified atom stereocenters. The first-order valence-electron chi connectivity index (χ1n) is 6.74. The lowest BCUT2D eigenvalue weighted by Gasteiger charge is -2.16. The number of nitriles is 1. The van der Waals surface area contributed by atoms with Gasteiger partial charge in [-0.3, -0.25) is 0 Å². The Morgan fingerprint density at radius 1 is 1.20 bits per heavy atom. The molecule has 3 heteroatoms. The number of thiophene rings is 1. The minimum atomic E-state index is -0.431. The molecular weight excluding hydrogens is 264 g/mol. The third kappa shape index (κ3) is 3.20. The molecule has 2 nitrogen and oxygen atoms in total. The Morgan fingerprint density at radius 2 is 1.85 bits per heavy atom. The molecule has 0 bridgehead atoms. The molecule has 0 aliphatic heterocycles. The summed E-state index contributed by atoms with van der Waals surface area (Å²) in [6, 6.07) is 12.7. The summed E-state index contributed by atoms with van der Waals surface area (Å²) < 4.78 is 0. The summed E-state index contributed by atoms with van der Waals surface area (Å²) >= 11 is 1.84. The van der Waals surface area contributed by atoms with Crippen molar-refractivity contribution in [2.45, 2.75) is 39.7 Å². The number of nitrogens with one attached hydrogen (secondary N) is 1. The second-order valence-corrected chi connectivity index (χ2v) is 7.07. The molecule has 0 aliphatic rings. The molecule has 2 rings (SSSR count).